The number of nitrogens with zero attached hydrogens (tertiary/aromatic N) is 1. The third-order valence-electron chi connectivity index (χ3n) is 11.6. The van der Waals surface area contributed by atoms with Gasteiger partial charge in [-0.2, -0.15) is 0 Å². The maximum atomic E-state index is 9.02. The van der Waals surface area contributed by atoms with Gasteiger partial charge in [0.15, 0.2) is 0 Å². The number of rotatable bonds is 9. The first kappa shape index (κ1) is 24.3. The zero-order valence-electron chi connectivity index (χ0n) is 48.1. The Balaban J connectivity index is 1.13. The molecule has 0 saturated carbocycles. The molecule has 292 valence electrons. The van der Waals surface area contributed by atoms with Crippen LogP contribution in [0.25, 0.3) is 55.6 Å². The molecule has 62 heavy (non-hydrogen) atoms. The van der Waals surface area contributed by atoms with Crippen LogP contribution >= 0.6 is 0 Å². The van der Waals surface area contributed by atoms with E-state index in [1.807, 2.05) is 36.4 Å². The van der Waals surface area contributed by atoms with E-state index in [-0.39, 0.29) is 39.9 Å². The minimum absolute atomic E-state index is 0.00824. The number of fused-ring (bicyclic) bond motifs is 3. The Morgan fingerprint density at radius 1 is 0.290 bits per heavy atom. The Hall–Kier alpha value is -8.00. The van der Waals surface area contributed by atoms with Crippen LogP contribution in [0.4, 0.5) is 17.1 Å². The Labute approximate surface area is 385 Å². The number of benzene rings is 10. The minimum atomic E-state index is -0.647. The van der Waals surface area contributed by atoms with Crippen molar-refractivity contribution in [2.24, 2.45) is 0 Å². The summed E-state index contributed by atoms with van der Waals surface area (Å²) in [4.78, 5) is 1.79. The largest absolute Gasteiger partial charge is 0.310 e. The average molecular weight is 805 g/mol. The molecular weight excluding hydrogens is 747 g/mol. The zero-order valence-corrected chi connectivity index (χ0v) is 33.1. The lowest BCUT2D eigenvalue weighted by Crippen LogP contribution is -2.28. The molecule has 0 radical (unpaired) electrons. The molecule has 0 fully saturated rings. The highest BCUT2D eigenvalue weighted by atomic mass is 15.1. The molecule has 10 aromatic rings. The van der Waals surface area contributed by atoms with E-state index in [4.69, 9.17) is 20.6 Å². The van der Waals surface area contributed by atoms with E-state index < -0.39 is 84.0 Å². The van der Waals surface area contributed by atoms with Crippen LogP contribution in [-0.2, 0) is 5.41 Å². The van der Waals surface area contributed by atoms with Crippen LogP contribution in [0.2, 0.25) is 0 Å². The quantitative estimate of drug-likeness (QED) is 0.140. The zero-order chi connectivity index (χ0) is 54.4. The smallest absolute Gasteiger partial charge is 0.0713 e. The van der Waals surface area contributed by atoms with Gasteiger partial charge in [0.2, 0.25) is 0 Å². The first-order valence-electron chi connectivity index (χ1n) is 27.7. The molecule has 0 atom stereocenters. The molecule has 1 aliphatic carbocycles. The number of hydrogen-bond acceptors (Lipinski definition) is 1. The lowest BCUT2D eigenvalue weighted by atomic mass is 9.67. The summed E-state index contributed by atoms with van der Waals surface area (Å²) in [6.45, 7) is 0. The van der Waals surface area contributed by atoms with Gasteiger partial charge in [0.1, 0.15) is 0 Å². The third kappa shape index (κ3) is 6.52. The van der Waals surface area contributed by atoms with Crippen LogP contribution in [0.3, 0.4) is 0 Å². The van der Waals surface area contributed by atoms with E-state index in [2.05, 4.69) is 91.0 Å². The number of hydrogen-bond donors (Lipinski definition) is 0. The van der Waals surface area contributed by atoms with Crippen molar-refractivity contribution in [3.8, 4) is 55.6 Å². The van der Waals surface area contributed by atoms with Gasteiger partial charge in [-0.25, -0.2) is 0 Å². The van der Waals surface area contributed by atoms with E-state index in [1.54, 1.807) is 41.3 Å². The molecule has 10 aromatic carbocycles. The topological polar surface area (TPSA) is 3.24 Å². The van der Waals surface area contributed by atoms with E-state index in [0.29, 0.717) is 22.6 Å². The summed E-state index contributed by atoms with van der Waals surface area (Å²) in [5.41, 5.74) is 9.37. The lowest BCUT2D eigenvalue weighted by molar-refractivity contribution is 0.769. The summed E-state index contributed by atoms with van der Waals surface area (Å²) in [5, 5.41) is 0. The summed E-state index contributed by atoms with van der Waals surface area (Å²) in [5.74, 6) is 0. The van der Waals surface area contributed by atoms with E-state index in [1.165, 1.54) is 11.6 Å². The van der Waals surface area contributed by atoms with Gasteiger partial charge >= 0.3 is 0 Å². The summed E-state index contributed by atoms with van der Waals surface area (Å²) in [6.07, 6.45) is 0. The molecule has 0 amide bonds. The molecular formula is C61H43N. The van der Waals surface area contributed by atoms with Crippen LogP contribution in [0, 0.1) is 0 Å². The first-order chi connectivity index (χ1) is 36.9. The van der Waals surface area contributed by atoms with E-state index in [0.717, 1.165) is 38.9 Å². The Kier molecular flexibility index (Phi) is 6.22. The highest BCUT2D eigenvalue weighted by molar-refractivity contribution is 5.90. The predicted octanol–water partition coefficient (Wildman–Crippen LogP) is 16.2. The average Bonchev–Trinajstić information content (AvgIpc) is 4.04. The molecule has 0 saturated heterocycles. The minimum Gasteiger partial charge on any atom is -0.310 e. The summed E-state index contributed by atoms with van der Waals surface area (Å²) >= 11 is 0. The second-order valence-corrected chi connectivity index (χ2v) is 15.0. The Morgan fingerprint density at radius 3 is 1.23 bits per heavy atom. The van der Waals surface area contributed by atoms with E-state index in [9.17, 15) is 0 Å². The Bertz CT molecular complexity index is 3820. The van der Waals surface area contributed by atoms with Gasteiger partial charge in [-0.3, -0.25) is 0 Å². The summed E-state index contributed by atoms with van der Waals surface area (Å²) in [7, 11) is 0. The maximum absolute atomic E-state index is 9.02. The maximum Gasteiger partial charge on any atom is 0.0713 e. The lowest BCUT2D eigenvalue weighted by Gasteiger charge is -2.34. The Morgan fingerprint density at radius 2 is 0.710 bits per heavy atom. The molecule has 0 aliphatic heterocycles. The van der Waals surface area contributed by atoms with Crippen LogP contribution in [0.15, 0.2) is 260 Å². The van der Waals surface area contributed by atoms with Crippen molar-refractivity contribution in [3.05, 3.63) is 283 Å². The second kappa shape index (κ2) is 15.9. The van der Waals surface area contributed by atoms with Gasteiger partial charge in [-0.05, 0) is 126 Å². The highest BCUT2D eigenvalue weighted by Gasteiger charge is 2.46. The van der Waals surface area contributed by atoms with Gasteiger partial charge < -0.3 is 4.90 Å². The molecule has 11 rings (SSSR count). The third-order valence-corrected chi connectivity index (χ3v) is 11.6. The monoisotopic (exact) mass is 804 g/mol. The van der Waals surface area contributed by atoms with Gasteiger partial charge in [0.05, 0.1) is 26.0 Å². The van der Waals surface area contributed by atoms with Crippen LogP contribution < -0.4 is 4.90 Å². The first-order valence-corrected chi connectivity index (χ1v) is 20.2. The highest BCUT2D eigenvalue weighted by Crippen LogP contribution is 2.56. The van der Waals surface area contributed by atoms with Crippen LogP contribution in [-0.4, -0.2) is 0 Å². The van der Waals surface area contributed by atoms with Crippen molar-refractivity contribution < 1.29 is 20.6 Å². The SMILES string of the molecule is [2H]c1c([2H])c([2H])c(-c2ccc(N(c3ccc(-c4ccc5c(c4)C(c4ccccc4)(c4ccccc4)c4ccccc4-5)cc3)c3cc(-c4c([2H])c([2H])c([2H])c([2H])c4[2H])cc(-c4c([2H])c([2H])c([2H])c([2H])c4[2H])c3)cc2)c([2H])c1[2H]. The number of anilines is 3. The van der Waals surface area contributed by atoms with Gasteiger partial charge in [0.25, 0.3) is 0 Å². The van der Waals surface area contributed by atoms with Crippen molar-refractivity contribution in [2.75, 3.05) is 4.90 Å². The second-order valence-electron chi connectivity index (χ2n) is 15.0. The summed E-state index contributed by atoms with van der Waals surface area (Å²) < 4.78 is 129. The van der Waals surface area contributed by atoms with E-state index >= 15 is 0 Å². The summed E-state index contributed by atoms with van der Waals surface area (Å²) in [6, 6.07) is 47.1. The standard InChI is InChI=1S/C61H43N/c1-6-18-44(19-7-1)47-30-35-54(36-31-47)62(56-41-50(45-20-8-2-9-21-45)40-51(42-56)46-22-10-3-11-23-46)55-37-32-48(33-38-55)49-34-39-58-57-28-16-17-29-59(57)61(60(58)43-49,52-24-12-4-13-25-52)53-26-14-5-15-27-53/h1-43H/i1D,2D,3D,6D,7D,8D,9D,10D,11D,18D,19D,20D,21D,22D,23D. The fourth-order valence-electron chi connectivity index (χ4n) is 8.86. The normalized spacial score (nSPS) is 15.7. The van der Waals surface area contributed by atoms with Gasteiger partial charge in [-0.15, -0.1) is 0 Å². The van der Waals surface area contributed by atoms with Gasteiger partial charge in [-0.1, -0.05) is 212 Å². The molecule has 1 heteroatoms. The fraction of sp³-hybridized carbons (Fsp3) is 0.0164. The fourth-order valence-corrected chi connectivity index (χ4v) is 8.86. The molecule has 1 nitrogen and oxygen atoms in total. The molecule has 0 unspecified atom stereocenters. The molecule has 0 bridgehead atoms. The van der Waals surface area contributed by atoms with Crippen LogP contribution in [0.1, 0.15) is 42.8 Å². The molecule has 1 aliphatic rings. The molecule has 0 heterocycles. The van der Waals surface area contributed by atoms with Crippen LogP contribution in [0.5, 0.6) is 0 Å². The predicted molar refractivity (Wildman–Crippen MR) is 260 cm³/mol. The van der Waals surface area contributed by atoms with Crippen molar-refractivity contribution in [1.29, 1.82) is 0 Å². The van der Waals surface area contributed by atoms with Crippen molar-refractivity contribution in [2.45, 2.75) is 5.41 Å². The van der Waals surface area contributed by atoms with Crippen molar-refractivity contribution in [3.63, 3.8) is 0 Å². The molecule has 0 spiro atoms. The molecule has 0 N–H and O–H groups in total. The molecule has 0 aromatic heterocycles. The van der Waals surface area contributed by atoms with Gasteiger partial charge in [0, 0.05) is 17.1 Å². The van der Waals surface area contributed by atoms with Crippen molar-refractivity contribution in [1.82, 2.24) is 0 Å². The van der Waals surface area contributed by atoms with Crippen molar-refractivity contribution >= 4 is 17.1 Å².